The summed E-state index contributed by atoms with van der Waals surface area (Å²) in [4.78, 5) is 27.6. The van der Waals surface area contributed by atoms with Crippen molar-refractivity contribution in [3.05, 3.63) is 94.6 Å². The number of benzene rings is 3. The molecule has 6 nitrogen and oxygen atoms in total. The minimum absolute atomic E-state index is 0.0155. The van der Waals surface area contributed by atoms with Crippen LogP contribution < -0.4 is 14.4 Å². The fourth-order valence-corrected chi connectivity index (χ4v) is 4.26. The van der Waals surface area contributed by atoms with Gasteiger partial charge in [-0.05, 0) is 50.6 Å². The monoisotopic (exact) mass is 493 g/mol. The Bertz CT molecular complexity index is 1370. The lowest BCUT2D eigenvalue weighted by Crippen LogP contribution is -2.29. The Morgan fingerprint density at radius 2 is 1.69 bits per heavy atom. The summed E-state index contributed by atoms with van der Waals surface area (Å²) in [6.07, 6.45) is 0. The fraction of sp³-hybridized carbons (Fsp3) is 0.214. The van der Waals surface area contributed by atoms with E-state index in [4.69, 9.17) is 9.47 Å². The molecule has 0 bridgehead atoms. The lowest BCUT2D eigenvalue weighted by molar-refractivity contribution is -0.132. The van der Waals surface area contributed by atoms with Gasteiger partial charge in [-0.25, -0.2) is 8.78 Å². The smallest absolute Gasteiger partial charge is 0.300 e. The summed E-state index contributed by atoms with van der Waals surface area (Å²) < 4.78 is 39.0. The number of rotatable bonds is 7. The van der Waals surface area contributed by atoms with Gasteiger partial charge in [0, 0.05) is 17.8 Å². The zero-order valence-electron chi connectivity index (χ0n) is 20.0. The molecule has 1 aliphatic rings. The van der Waals surface area contributed by atoms with Crippen molar-refractivity contribution < 1.29 is 33.0 Å². The summed E-state index contributed by atoms with van der Waals surface area (Å²) in [5.74, 6) is -3.85. The second-order valence-electron chi connectivity index (χ2n) is 8.21. The van der Waals surface area contributed by atoms with Gasteiger partial charge in [-0.2, -0.15) is 0 Å². The highest BCUT2D eigenvalue weighted by Crippen LogP contribution is 2.44. The summed E-state index contributed by atoms with van der Waals surface area (Å²) in [5, 5.41) is 11.4. The van der Waals surface area contributed by atoms with E-state index in [0.717, 1.165) is 22.6 Å². The van der Waals surface area contributed by atoms with Crippen LogP contribution >= 0.6 is 0 Å². The Balaban J connectivity index is 1.96. The van der Waals surface area contributed by atoms with E-state index in [1.54, 1.807) is 43.3 Å². The van der Waals surface area contributed by atoms with Crippen LogP contribution in [0.5, 0.6) is 11.5 Å². The number of anilines is 1. The Hall–Kier alpha value is -4.20. The van der Waals surface area contributed by atoms with Crippen LogP contribution in [0, 0.1) is 18.6 Å². The third kappa shape index (κ3) is 4.54. The third-order valence-corrected chi connectivity index (χ3v) is 5.80. The van der Waals surface area contributed by atoms with E-state index < -0.39 is 35.1 Å². The number of hydrogen-bond acceptors (Lipinski definition) is 5. The second-order valence-corrected chi connectivity index (χ2v) is 8.21. The van der Waals surface area contributed by atoms with Gasteiger partial charge >= 0.3 is 0 Å². The molecule has 36 heavy (non-hydrogen) atoms. The summed E-state index contributed by atoms with van der Waals surface area (Å²) in [7, 11) is 0. The first-order valence-electron chi connectivity index (χ1n) is 11.5. The predicted molar refractivity (Wildman–Crippen MR) is 131 cm³/mol. The van der Waals surface area contributed by atoms with Gasteiger partial charge in [0.15, 0.2) is 11.6 Å². The standard InChI is InChI=1S/C28H25F2NO5/c1-4-35-19-10-11-20(23(15-19)36-5-2)26(32)24-25(17-8-6-7-16(3)13-17)31(28(34)27(24)33)18-9-12-21(29)22(30)14-18/h6-15,25,32H,4-5H2,1-3H3/b26-24-. The van der Waals surface area contributed by atoms with Crippen molar-refractivity contribution in [3.63, 3.8) is 0 Å². The van der Waals surface area contributed by atoms with Crippen LogP contribution in [0.4, 0.5) is 14.5 Å². The van der Waals surface area contributed by atoms with Crippen molar-refractivity contribution in [3.8, 4) is 11.5 Å². The lowest BCUT2D eigenvalue weighted by Gasteiger charge is -2.26. The van der Waals surface area contributed by atoms with Crippen LogP contribution in [0.1, 0.15) is 36.6 Å². The Morgan fingerprint density at radius 3 is 2.36 bits per heavy atom. The van der Waals surface area contributed by atoms with E-state index in [9.17, 15) is 23.5 Å². The van der Waals surface area contributed by atoms with Crippen LogP contribution in [0.15, 0.2) is 66.2 Å². The second kappa shape index (κ2) is 10.2. The number of Topliss-reactive ketones (excluding diaryl/α,β-unsaturated/α-hetero) is 1. The topological polar surface area (TPSA) is 76.1 Å². The van der Waals surface area contributed by atoms with E-state index in [1.807, 2.05) is 19.9 Å². The molecule has 1 N–H and O–H groups in total. The molecule has 0 saturated carbocycles. The Labute approximate surface area is 207 Å². The molecular weight excluding hydrogens is 468 g/mol. The molecule has 1 fully saturated rings. The highest BCUT2D eigenvalue weighted by atomic mass is 19.2. The Morgan fingerprint density at radius 1 is 0.944 bits per heavy atom. The van der Waals surface area contributed by atoms with Gasteiger partial charge in [0.2, 0.25) is 0 Å². The number of aliphatic hydroxyl groups is 1. The molecule has 4 rings (SSSR count). The van der Waals surface area contributed by atoms with Crippen molar-refractivity contribution in [1.29, 1.82) is 0 Å². The highest BCUT2D eigenvalue weighted by Gasteiger charge is 2.47. The summed E-state index contributed by atoms with van der Waals surface area (Å²) in [6.45, 7) is 6.14. The third-order valence-electron chi connectivity index (χ3n) is 5.80. The fourth-order valence-electron chi connectivity index (χ4n) is 4.26. The largest absolute Gasteiger partial charge is 0.507 e. The molecule has 0 radical (unpaired) electrons. The van der Waals surface area contributed by atoms with Crippen LogP contribution in [-0.4, -0.2) is 30.0 Å². The van der Waals surface area contributed by atoms with Crippen molar-refractivity contribution in [1.82, 2.24) is 0 Å². The van der Waals surface area contributed by atoms with E-state index in [0.29, 0.717) is 17.9 Å². The molecule has 186 valence electrons. The van der Waals surface area contributed by atoms with Gasteiger partial charge in [0.05, 0.1) is 30.4 Å². The average Bonchev–Trinajstić information content (AvgIpc) is 3.11. The zero-order valence-corrected chi connectivity index (χ0v) is 20.0. The van der Waals surface area contributed by atoms with E-state index in [1.165, 1.54) is 6.07 Å². The van der Waals surface area contributed by atoms with Crippen LogP contribution in [-0.2, 0) is 9.59 Å². The quantitative estimate of drug-likeness (QED) is 0.260. The van der Waals surface area contributed by atoms with Gasteiger partial charge < -0.3 is 14.6 Å². The summed E-state index contributed by atoms with van der Waals surface area (Å²) >= 11 is 0. The maximum atomic E-state index is 14.1. The number of carbonyl (C=O) groups is 2. The molecule has 3 aromatic rings. The predicted octanol–water partition coefficient (Wildman–Crippen LogP) is 5.70. The van der Waals surface area contributed by atoms with Crippen LogP contribution in [0.3, 0.4) is 0 Å². The number of amides is 1. The molecule has 3 aromatic carbocycles. The average molecular weight is 494 g/mol. The van der Waals surface area contributed by atoms with Crippen molar-refractivity contribution in [2.45, 2.75) is 26.8 Å². The number of nitrogens with zero attached hydrogens (tertiary/aromatic N) is 1. The molecule has 1 unspecified atom stereocenters. The number of ketones is 1. The minimum Gasteiger partial charge on any atom is -0.507 e. The van der Waals surface area contributed by atoms with Gasteiger partial charge in [-0.1, -0.05) is 29.8 Å². The number of aliphatic hydroxyl groups excluding tert-OH is 1. The van der Waals surface area contributed by atoms with Gasteiger partial charge in [0.1, 0.15) is 17.3 Å². The van der Waals surface area contributed by atoms with Gasteiger partial charge in [-0.3, -0.25) is 14.5 Å². The minimum atomic E-state index is -1.16. The molecule has 1 amide bonds. The maximum Gasteiger partial charge on any atom is 0.300 e. The first kappa shape index (κ1) is 24.9. The van der Waals surface area contributed by atoms with E-state index in [-0.39, 0.29) is 29.2 Å². The first-order chi connectivity index (χ1) is 17.3. The molecule has 0 aromatic heterocycles. The molecule has 1 heterocycles. The molecule has 1 aliphatic heterocycles. The van der Waals surface area contributed by atoms with E-state index >= 15 is 0 Å². The van der Waals surface area contributed by atoms with E-state index in [2.05, 4.69) is 0 Å². The zero-order chi connectivity index (χ0) is 26.0. The summed E-state index contributed by atoms with van der Waals surface area (Å²) in [5.41, 5.74) is 1.35. The molecular formula is C28H25F2NO5. The van der Waals surface area contributed by atoms with Crippen LogP contribution in [0.2, 0.25) is 0 Å². The number of aryl methyl sites for hydroxylation is 1. The number of halogens is 2. The maximum absolute atomic E-state index is 14.1. The number of carbonyl (C=O) groups excluding carboxylic acids is 2. The van der Waals surface area contributed by atoms with Crippen LogP contribution in [0.25, 0.3) is 5.76 Å². The first-order valence-corrected chi connectivity index (χ1v) is 11.5. The van der Waals surface area contributed by atoms with Gasteiger partial charge in [-0.15, -0.1) is 0 Å². The molecule has 0 aliphatic carbocycles. The SMILES string of the molecule is CCOc1ccc(/C(O)=C2/C(=O)C(=O)N(c3ccc(F)c(F)c3)C2c2cccc(C)c2)c(OCC)c1. The normalized spacial score (nSPS) is 16.9. The molecule has 1 saturated heterocycles. The summed E-state index contributed by atoms with van der Waals surface area (Å²) in [6, 6.07) is 13.7. The lowest BCUT2D eigenvalue weighted by atomic mass is 9.94. The van der Waals surface area contributed by atoms with Crippen molar-refractivity contribution in [2.75, 3.05) is 18.1 Å². The number of ether oxygens (including phenoxy) is 2. The van der Waals surface area contributed by atoms with Crippen molar-refractivity contribution in [2.24, 2.45) is 0 Å². The molecule has 8 heteroatoms. The molecule has 0 spiro atoms. The van der Waals surface area contributed by atoms with Crippen molar-refractivity contribution >= 4 is 23.1 Å². The molecule has 1 atom stereocenters. The highest BCUT2D eigenvalue weighted by molar-refractivity contribution is 6.51. The number of hydrogen-bond donors (Lipinski definition) is 1. The Kier molecular flexibility index (Phi) is 7.05. The van der Waals surface area contributed by atoms with Gasteiger partial charge in [0.25, 0.3) is 11.7 Å².